The highest BCUT2D eigenvalue weighted by atomic mass is 79.9. The van der Waals surface area contributed by atoms with Crippen LogP contribution >= 0.6 is 15.9 Å². The lowest BCUT2D eigenvalue weighted by molar-refractivity contribution is 1.28. The van der Waals surface area contributed by atoms with Gasteiger partial charge in [0.15, 0.2) is 0 Å². The van der Waals surface area contributed by atoms with E-state index in [2.05, 4.69) is 40.2 Å². The molecule has 0 radical (unpaired) electrons. The summed E-state index contributed by atoms with van der Waals surface area (Å²) in [6.07, 6.45) is 0. The second kappa shape index (κ2) is 6.86. The Labute approximate surface area is 191 Å². The number of benzene rings is 5. The standard InChI is InChI=1S/C28H18BrN/c29-22-15-12-19(13-16-22)21-14-17-26-25(18-21)24-10-4-6-20-7-5-11-27(28(20)24)30(26)23-8-2-1-3-9-23/h1-18H/i1D,2D,3D,8D,9D. The van der Waals surface area contributed by atoms with Crippen LogP contribution in [0.3, 0.4) is 0 Å². The predicted octanol–water partition coefficient (Wildman–Crippen LogP) is 8.72. The molecule has 6 rings (SSSR count). The van der Waals surface area contributed by atoms with Gasteiger partial charge in [0.05, 0.1) is 18.2 Å². The van der Waals surface area contributed by atoms with Crippen molar-refractivity contribution in [3.8, 4) is 22.3 Å². The van der Waals surface area contributed by atoms with E-state index in [1.807, 2.05) is 59.5 Å². The SMILES string of the molecule is [2H]c1c([2H])c([2H])c(N2c3ccc(-c4ccc(Br)cc4)cc3-c3cccc4cccc2c34)c([2H])c1[2H]. The number of rotatable bonds is 2. The fourth-order valence-electron chi connectivity index (χ4n) is 4.23. The third-order valence-electron chi connectivity index (χ3n) is 5.54. The van der Waals surface area contributed by atoms with Gasteiger partial charge in [-0.15, -0.1) is 0 Å². The molecule has 0 spiro atoms. The van der Waals surface area contributed by atoms with Gasteiger partial charge in [-0.3, -0.25) is 0 Å². The van der Waals surface area contributed by atoms with Crippen LogP contribution in [-0.2, 0) is 0 Å². The normalized spacial score (nSPS) is 14.4. The Morgan fingerprint density at radius 3 is 2.20 bits per heavy atom. The maximum Gasteiger partial charge on any atom is 0.0645 e. The second-order valence-corrected chi connectivity index (χ2v) is 8.14. The lowest BCUT2D eigenvalue weighted by Gasteiger charge is -2.33. The van der Waals surface area contributed by atoms with E-state index in [0.29, 0.717) is 0 Å². The molecular weight excluding hydrogens is 430 g/mol. The van der Waals surface area contributed by atoms with E-state index in [1.165, 1.54) is 0 Å². The molecule has 1 nitrogen and oxygen atoms in total. The Kier molecular flexibility index (Phi) is 2.98. The maximum atomic E-state index is 8.67. The first kappa shape index (κ1) is 13.0. The van der Waals surface area contributed by atoms with Crippen LogP contribution in [0.4, 0.5) is 17.1 Å². The molecule has 0 atom stereocenters. The van der Waals surface area contributed by atoms with Gasteiger partial charge in [-0.05, 0) is 64.5 Å². The lowest BCUT2D eigenvalue weighted by Crippen LogP contribution is -2.14. The average Bonchev–Trinajstić information content (AvgIpc) is 2.88. The Bertz CT molecular complexity index is 1630. The van der Waals surface area contributed by atoms with Crippen LogP contribution < -0.4 is 4.90 Å². The predicted molar refractivity (Wildman–Crippen MR) is 131 cm³/mol. The van der Waals surface area contributed by atoms with Gasteiger partial charge in [-0.25, -0.2) is 0 Å². The van der Waals surface area contributed by atoms with Crippen LogP contribution in [0.2, 0.25) is 0 Å². The molecule has 0 saturated carbocycles. The van der Waals surface area contributed by atoms with Crippen molar-refractivity contribution in [2.24, 2.45) is 0 Å². The largest absolute Gasteiger partial charge is 0.309 e. The zero-order valence-electron chi connectivity index (χ0n) is 20.8. The van der Waals surface area contributed by atoms with Crippen molar-refractivity contribution in [3.05, 3.63) is 114 Å². The number of hydrogen-bond acceptors (Lipinski definition) is 1. The summed E-state index contributed by atoms with van der Waals surface area (Å²) in [6.45, 7) is 0. The van der Waals surface area contributed by atoms with E-state index in [4.69, 9.17) is 6.85 Å². The molecule has 0 saturated heterocycles. The van der Waals surface area contributed by atoms with Gasteiger partial charge in [0.2, 0.25) is 0 Å². The van der Waals surface area contributed by atoms with Gasteiger partial charge >= 0.3 is 0 Å². The van der Waals surface area contributed by atoms with Gasteiger partial charge in [-0.1, -0.05) is 82.6 Å². The first-order valence-electron chi connectivity index (χ1n) is 12.2. The number of para-hydroxylation sites is 1. The Morgan fingerprint density at radius 1 is 0.667 bits per heavy atom. The molecule has 1 heterocycles. The Morgan fingerprint density at radius 2 is 1.40 bits per heavy atom. The van der Waals surface area contributed by atoms with Crippen molar-refractivity contribution >= 4 is 43.8 Å². The van der Waals surface area contributed by atoms with Crippen molar-refractivity contribution in [3.63, 3.8) is 0 Å². The zero-order valence-corrected chi connectivity index (χ0v) is 17.4. The van der Waals surface area contributed by atoms with Crippen LogP contribution in [0.25, 0.3) is 33.0 Å². The van der Waals surface area contributed by atoms with Gasteiger partial charge in [0, 0.05) is 21.1 Å². The summed E-state index contributed by atoms with van der Waals surface area (Å²) in [5.74, 6) is 0. The number of anilines is 3. The van der Waals surface area contributed by atoms with E-state index < -0.39 is 6.04 Å². The molecule has 2 heteroatoms. The van der Waals surface area contributed by atoms with Gasteiger partial charge in [0.25, 0.3) is 0 Å². The molecule has 0 unspecified atom stereocenters. The minimum atomic E-state index is -0.398. The second-order valence-electron chi connectivity index (χ2n) is 7.23. The van der Waals surface area contributed by atoms with E-state index in [0.717, 1.165) is 48.9 Å². The molecule has 0 fully saturated rings. The van der Waals surface area contributed by atoms with E-state index in [1.54, 1.807) is 0 Å². The van der Waals surface area contributed by atoms with Crippen LogP contribution in [-0.4, -0.2) is 0 Å². The summed E-state index contributed by atoms with van der Waals surface area (Å²) in [5.41, 5.74) is 5.81. The minimum Gasteiger partial charge on any atom is -0.309 e. The number of nitrogens with zero attached hydrogens (tertiary/aromatic N) is 1. The molecular formula is C28H18BrN. The smallest absolute Gasteiger partial charge is 0.0645 e. The van der Waals surface area contributed by atoms with E-state index >= 15 is 0 Å². The number of hydrogen-bond donors (Lipinski definition) is 0. The molecule has 142 valence electrons. The first-order chi connectivity index (χ1) is 16.9. The molecule has 5 aromatic rings. The van der Waals surface area contributed by atoms with Crippen molar-refractivity contribution < 1.29 is 6.85 Å². The molecule has 1 aliphatic rings. The molecule has 5 aromatic carbocycles. The first-order valence-corrected chi connectivity index (χ1v) is 10.5. The highest BCUT2D eigenvalue weighted by molar-refractivity contribution is 9.10. The monoisotopic (exact) mass is 452 g/mol. The van der Waals surface area contributed by atoms with Crippen molar-refractivity contribution in [2.75, 3.05) is 4.90 Å². The van der Waals surface area contributed by atoms with E-state index in [-0.39, 0.29) is 29.9 Å². The summed E-state index contributed by atoms with van der Waals surface area (Å²) in [6, 6.07) is 24.7. The highest BCUT2D eigenvalue weighted by Crippen LogP contribution is 2.51. The topological polar surface area (TPSA) is 3.24 Å². The summed E-state index contributed by atoms with van der Waals surface area (Å²) in [4.78, 5) is 1.82. The van der Waals surface area contributed by atoms with Crippen LogP contribution in [0.5, 0.6) is 0 Å². The summed E-state index contributed by atoms with van der Waals surface area (Å²) >= 11 is 3.49. The maximum absolute atomic E-state index is 8.67. The molecule has 0 bridgehead atoms. The third-order valence-corrected chi connectivity index (χ3v) is 6.07. The van der Waals surface area contributed by atoms with Crippen LogP contribution in [0.15, 0.2) is 114 Å². The number of fused-ring (bicyclic) bond motifs is 2. The van der Waals surface area contributed by atoms with Crippen LogP contribution in [0, 0.1) is 0 Å². The summed E-state index contributed by atoms with van der Waals surface area (Å²) in [7, 11) is 0. The molecule has 1 aliphatic heterocycles. The molecule has 0 N–H and O–H groups in total. The van der Waals surface area contributed by atoms with Gasteiger partial charge in [-0.2, -0.15) is 0 Å². The lowest BCUT2D eigenvalue weighted by atomic mass is 9.89. The average molecular weight is 453 g/mol. The van der Waals surface area contributed by atoms with E-state index in [9.17, 15) is 0 Å². The van der Waals surface area contributed by atoms with Crippen LogP contribution in [0.1, 0.15) is 6.85 Å². The van der Waals surface area contributed by atoms with Crippen molar-refractivity contribution in [2.45, 2.75) is 0 Å². The van der Waals surface area contributed by atoms with Gasteiger partial charge in [0.1, 0.15) is 0 Å². The highest BCUT2D eigenvalue weighted by Gasteiger charge is 2.25. The summed E-state index contributed by atoms with van der Waals surface area (Å²) < 4.78 is 42.9. The Balaban J connectivity index is 1.71. The molecule has 0 amide bonds. The van der Waals surface area contributed by atoms with Crippen molar-refractivity contribution in [1.29, 1.82) is 0 Å². The molecule has 0 aliphatic carbocycles. The number of halogens is 1. The third kappa shape index (κ3) is 2.68. The summed E-state index contributed by atoms with van der Waals surface area (Å²) in [5, 5.41) is 2.01. The Hall–Kier alpha value is -3.36. The fourth-order valence-corrected chi connectivity index (χ4v) is 4.49. The van der Waals surface area contributed by atoms with Gasteiger partial charge < -0.3 is 4.90 Å². The zero-order chi connectivity index (χ0) is 24.4. The minimum absolute atomic E-state index is 0.149. The fraction of sp³-hybridized carbons (Fsp3) is 0. The molecule has 0 aromatic heterocycles. The molecule has 30 heavy (non-hydrogen) atoms. The van der Waals surface area contributed by atoms with Crippen molar-refractivity contribution in [1.82, 2.24) is 0 Å². The quantitative estimate of drug-likeness (QED) is 0.253.